The van der Waals surface area contributed by atoms with Gasteiger partial charge in [0.05, 0.1) is 79.4 Å². The lowest BCUT2D eigenvalue weighted by molar-refractivity contribution is -0.212. The van der Waals surface area contributed by atoms with Crippen molar-refractivity contribution in [3.8, 4) is 0 Å². The van der Waals surface area contributed by atoms with Crippen molar-refractivity contribution in [2.24, 2.45) is 5.92 Å². The fourth-order valence-electron chi connectivity index (χ4n) is 7.07. The molecule has 0 saturated carbocycles. The van der Waals surface area contributed by atoms with Crippen molar-refractivity contribution in [2.45, 2.75) is 167 Å². The summed E-state index contributed by atoms with van der Waals surface area (Å²) in [6.07, 6.45) is -7.49. The Bertz CT molecular complexity index is 1090. The summed E-state index contributed by atoms with van der Waals surface area (Å²) in [6, 6.07) is 0. The number of hydrogen-bond donors (Lipinski definition) is 0. The van der Waals surface area contributed by atoms with E-state index in [9.17, 15) is 28.4 Å². The lowest BCUT2D eigenvalue weighted by Crippen LogP contribution is -2.36. The molecule has 4 fully saturated rings. The number of hydrogen-bond acceptors (Lipinski definition) is 14. The van der Waals surface area contributed by atoms with Crippen molar-refractivity contribution in [3.05, 3.63) is 0 Å². The van der Waals surface area contributed by atoms with Gasteiger partial charge < -0.3 is 65.6 Å². The molecule has 4 aliphatic heterocycles. The van der Waals surface area contributed by atoms with Crippen LogP contribution in [0.5, 0.6) is 0 Å². The zero-order chi connectivity index (χ0) is 34.9. The average Bonchev–Trinajstić information content (AvgIpc) is 3.59. The molecular weight excluding hydrogens is 677 g/mol. The minimum absolute atomic E-state index is 0.114. The smallest absolute Gasteiger partial charge is 0.138 e. The highest BCUT2D eigenvalue weighted by Gasteiger charge is 2.44. The molecule has 7 unspecified atom stereocenters. The van der Waals surface area contributed by atoms with Crippen LogP contribution in [0.25, 0.3) is 0 Å². The van der Waals surface area contributed by atoms with E-state index in [1.54, 1.807) is 13.8 Å². The second-order valence-electron chi connectivity index (χ2n) is 14.5. The van der Waals surface area contributed by atoms with Gasteiger partial charge in [-0.05, 0) is 53.9 Å². The summed E-state index contributed by atoms with van der Waals surface area (Å²) in [5.74, 6) is 0.282. The molecule has 4 heterocycles. The van der Waals surface area contributed by atoms with Crippen LogP contribution in [0.4, 0.5) is 0 Å². The van der Waals surface area contributed by atoms with Gasteiger partial charge in [-0.1, -0.05) is 13.8 Å². The van der Waals surface area contributed by atoms with Crippen molar-refractivity contribution in [3.63, 3.8) is 0 Å². The highest BCUT2D eigenvalue weighted by Crippen LogP contribution is 2.51. The quantitative estimate of drug-likeness (QED) is 0.210. The van der Waals surface area contributed by atoms with Gasteiger partial charge in [-0.3, -0.25) is 0 Å². The Labute approximate surface area is 279 Å². The first-order chi connectivity index (χ1) is 21.7. The summed E-state index contributed by atoms with van der Waals surface area (Å²) in [6.45, 7) is 14.9. The highest BCUT2D eigenvalue weighted by atomic mass is 31.2. The van der Waals surface area contributed by atoms with Gasteiger partial charge >= 0.3 is 0 Å². The molecule has 0 aromatic heterocycles. The summed E-state index contributed by atoms with van der Waals surface area (Å²) in [5, 5.41) is 0. The van der Waals surface area contributed by atoms with Crippen molar-refractivity contribution in [2.75, 3.05) is 18.5 Å². The van der Waals surface area contributed by atoms with E-state index >= 15 is 0 Å². The van der Waals surface area contributed by atoms with E-state index < -0.39 is 96.2 Å². The fourth-order valence-corrected chi connectivity index (χ4v) is 11.5. The molecule has 0 spiro atoms. The van der Waals surface area contributed by atoms with Gasteiger partial charge in [0, 0.05) is 44.2 Å². The minimum atomic E-state index is -4.70. The van der Waals surface area contributed by atoms with Crippen LogP contribution in [0.3, 0.4) is 0 Å². The Morgan fingerprint density at radius 2 is 0.851 bits per heavy atom. The predicted molar refractivity (Wildman–Crippen MR) is 167 cm³/mol. The lowest BCUT2D eigenvalue weighted by atomic mass is 10.0. The molecule has 0 aromatic rings. The molecule has 4 aliphatic rings. The van der Waals surface area contributed by atoms with Gasteiger partial charge in [-0.2, -0.15) is 0 Å². The maximum Gasteiger partial charge on any atom is 0.138 e. The summed E-state index contributed by atoms with van der Waals surface area (Å²) < 4.78 is 85.4. The fraction of sp³-hybridized carbons (Fsp3) is 1.00. The van der Waals surface area contributed by atoms with Crippen LogP contribution in [0, 0.1) is 5.92 Å². The Balaban J connectivity index is 1.35. The van der Waals surface area contributed by atoms with Gasteiger partial charge in [0.15, 0.2) is 0 Å². The molecule has 4 rings (SSSR count). The van der Waals surface area contributed by atoms with E-state index in [4.69, 9.17) is 37.3 Å². The maximum atomic E-state index is 13.3. The molecule has 276 valence electrons. The Morgan fingerprint density at radius 1 is 0.553 bits per heavy atom. The molecule has 0 amide bonds. The van der Waals surface area contributed by atoms with E-state index in [0.717, 1.165) is 0 Å². The summed E-state index contributed by atoms with van der Waals surface area (Å²) in [5.41, 5.74) is 0. The Hall–Kier alpha value is 0.250. The average molecular weight is 732 g/mol. The van der Waals surface area contributed by atoms with Gasteiger partial charge in [-0.15, -0.1) is 0 Å². The normalized spacial score (nSPS) is 41.8. The first kappa shape index (κ1) is 40.0. The van der Waals surface area contributed by atoms with E-state index in [-0.39, 0.29) is 43.2 Å². The number of rotatable bonds is 16. The molecule has 15 atom stereocenters. The molecule has 17 heteroatoms. The van der Waals surface area contributed by atoms with Crippen LogP contribution in [0.2, 0.25) is 0 Å². The number of ether oxygens (including phenoxy) is 5. The third-order valence-corrected chi connectivity index (χ3v) is 13.0. The zero-order valence-electron chi connectivity index (χ0n) is 28.8. The molecule has 0 bridgehead atoms. The van der Waals surface area contributed by atoms with E-state index in [2.05, 4.69) is 0 Å². The van der Waals surface area contributed by atoms with Gasteiger partial charge in [0.2, 0.25) is 0 Å². The van der Waals surface area contributed by atoms with Crippen molar-refractivity contribution >= 4 is 22.8 Å². The molecular formula is C30H54O14P3-3. The molecule has 4 saturated heterocycles. The molecule has 47 heavy (non-hydrogen) atoms. The SMILES string of the molecule is CC(C)C[C@H]1O[C@@H](C)CC1OP(=O)([O-])C[C@H]1O[C@@H](C)CC1OP(=O)([O-])C[C@H]1O[C@@H](C)CC1OP(=O)([O-])C[C@H]1O[C@@H](C)CC1OC(C)C. The van der Waals surface area contributed by atoms with Crippen LogP contribution in [0.1, 0.15) is 87.5 Å². The van der Waals surface area contributed by atoms with Crippen LogP contribution < -0.4 is 14.7 Å². The summed E-state index contributed by atoms with van der Waals surface area (Å²) in [4.78, 5) is 39.6. The van der Waals surface area contributed by atoms with Crippen molar-refractivity contribution in [1.82, 2.24) is 0 Å². The minimum Gasteiger partial charge on any atom is -0.778 e. The van der Waals surface area contributed by atoms with Crippen LogP contribution in [-0.2, 0) is 51.0 Å². The summed E-state index contributed by atoms with van der Waals surface area (Å²) in [7, 11) is -13.7. The van der Waals surface area contributed by atoms with E-state index in [1.165, 1.54) is 0 Å². The Morgan fingerprint density at radius 3 is 1.19 bits per heavy atom. The monoisotopic (exact) mass is 731 g/mol. The maximum absolute atomic E-state index is 13.3. The second-order valence-corrected chi connectivity index (χ2v) is 19.9. The summed E-state index contributed by atoms with van der Waals surface area (Å²) >= 11 is 0. The largest absolute Gasteiger partial charge is 0.778 e. The highest BCUT2D eigenvalue weighted by molar-refractivity contribution is 7.52. The topological polar surface area (TPSA) is 194 Å². The Kier molecular flexibility index (Phi) is 13.9. The molecule has 0 N–H and O–H groups in total. The van der Waals surface area contributed by atoms with Gasteiger partial charge in [-0.25, -0.2) is 0 Å². The van der Waals surface area contributed by atoms with E-state index in [1.807, 2.05) is 41.5 Å². The van der Waals surface area contributed by atoms with Crippen molar-refractivity contribution < 1.29 is 65.6 Å². The molecule has 14 nitrogen and oxygen atoms in total. The zero-order valence-corrected chi connectivity index (χ0v) is 31.5. The van der Waals surface area contributed by atoms with Crippen LogP contribution in [0.15, 0.2) is 0 Å². The molecule has 0 radical (unpaired) electrons. The first-order valence-corrected chi connectivity index (χ1v) is 22.1. The van der Waals surface area contributed by atoms with Gasteiger partial charge in [0.25, 0.3) is 0 Å². The lowest BCUT2D eigenvalue weighted by Gasteiger charge is -2.36. The third-order valence-electron chi connectivity index (χ3n) is 8.79. The van der Waals surface area contributed by atoms with Crippen LogP contribution in [-0.4, -0.2) is 97.8 Å². The third kappa shape index (κ3) is 12.2. The predicted octanol–water partition coefficient (Wildman–Crippen LogP) is 3.35. The second kappa shape index (κ2) is 16.3. The molecule has 0 aliphatic carbocycles. The van der Waals surface area contributed by atoms with E-state index in [0.29, 0.717) is 19.3 Å². The van der Waals surface area contributed by atoms with Crippen LogP contribution >= 0.6 is 22.8 Å². The van der Waals surface area contributed by atoms with Gasteiger partial charge in [0.1, 0.15) is 22.8 Å². The molecule has 0 aromatic carbocycles. The first-order valence-electron chi connectivity index (χ1n) is 16.9. The van der Waals surface area contributed by atoms with Crippen molar-refractivity contribution in [1.29, 1.82) is 0 Å². The standard InChI is InChI=1S/C30H57O14P3/c1-17(2)9-23-25(11-20(6)38-23)42-46(33,34)15-29-27(13-22(8)40-29)44-47(35,36)16-30-26(12-21(7)41-30)43-45(31,32)14-28-24(37-18(3)4)10-19(5)39-28/h17-30H,9-16H2,1-8H3,(H,31,32)(H,33,34)(H,35,36)/p-3/t19-,20-,21-,22-,23+,24?,25?,26?,27?,28+,29+,30+/m0/s1.